The van der Waals surface area contributed by atoms with E-state index in [1.54, 1.807) is 0 Å². The Hall–Kier alpha value is -2.11. The summed E-state index contributed by atoms with van der Waals surface area (Å²) in [7, 11) is 2.80. The van der Waals surface area contributed by atoms with Crippen LogP contribution in [-0.2, 0) is 9.47 Å². The summed E-state index contributed by atoms with van der Waals surface area (Å²) in [6.45, 7) is 1.37. The van der Waals surface area contributed by atoms with Crippen molar-refractivity contribution in [1.82, 2.24) is 0 Å². The summed E-state index contributed by atoms with van der Waals surface area (Å²) in [6.07, 6.45) is 2.58. The monoisotopic (exact) mass is 226 g/mol. The minimum Gasteiger partial charge on any atom is -0.612 e. The van der Waals surface area contributed by atoms with Crippen molar-refractivity contribution in [2.45, 2.75) is 6.92 Å². The van der Waals surface area contributed by atoms with E-state index in [-0.39, 0.29) is 22.8 Å². The predicted molar refractivity (Wildman–Crippen MR) is 57.5 cm³/mol. The second-order valence-corrected chi connectivity index (χ2v) is 3.07. The van der Waals surface area contributed by atoms with Crippen LogP contribution in [0.1, 0.15) is 6.92 Å². The van der Waals surface area contributed by atoms with Crippen molar-refractivity contribution in [2.24, 2.45) is 0 Å². The lowest BCUT2D eigenvalue weighted by atomic mass is 10.0. The third-order valence-corrected chi connectivity index (χ3v) is 2.09. The number of hydrogen-bond donors (Lipinski definition) is 1. The molecule has 88 valence electrons. The first kappa shape index (κ1) is 12.0. The first-order chi connectivity index (χ1) is 7.51. The van der Waals surface area contributed by atoms with Crippen molar-refractivity contribution < 1.29 is 19.5 Å². The van der Waals surface area contributed by atoms with Crippen molar-refractivity contribution >= 4 is 5.71 Å². The van der Waals surface area contributed by atoms with E-state index in [0.717, 1.165) is 0 Å². The number of methoxy groups -OCH3 is 2. The van der Waals surface area contributed by atoms with Crippen LogP contribution in [0.2, 0.25) is 0 Å². The third kappa shape index (κ3) is 2.10. The number of allylic oxidation sites excluding steroid dienone is 4. The number of aliphatic hydroxyl groups is 1. The molecular weight excluding hydrogens is 214 g/mol. The van der Waals surface area contributed by atoms with Gasteiger partial charge < -0.3 is 25.0 Å². The normalized spacial score (nSPS) is 18.6. The first-order valence-corrected chi connectivity index (χ1v) is 4.44. The van der Waals surface area contributed by atoms with Crippen molar-refractivity contribution in [2.75, 3.05) is 14.2 Å². The molecule has 0 saturated carbocycles. The van der Waals surface area contributed by atoms with Crippen molar-refractivity contribution in [3.8, 4) is 0 Å². The van der Waals surface area contributed by atoms with Gasteiger partial charge in [-0.1, -0.05) is 0 Å². The molecule has 16 heavy (non-hydrogen) atoms. The van der Waals surface area contributed by atoms with Gasteiger partial charge in [-0.2, -0.15) is 4.90 Å². The highest BCUT2D eigenvalue weighted by atomic mass is 16.8. The molecule has 6 nitrogen and oxygen atoms in total. The molecule has 0 bridgehead atoms. The average Bonchev–Trinajstić information content (AvgIpc) is 2.26. The summed E-state index contributed by atoms with van der Waals surface area (Å²) in [5.41, 5.74) is -0.111. The van der Waals surface area contributed by atoms with Crippen LogP contribution in [0.5, 0.6) is 0 Å². The van der Waals surface area contributed by atoms with Crippen LogP contribution in [0.25, 0.3) is 0 Å². The van der Waals surface area contributed by atoms with Gasteiger partial charge >= 0.3 is 0 Å². The van der Waals surface area contributed by atoms with Gasteiger partial charge in [0.2, 0.25) is 5.71 Å². The summed E-state index contributed by atoms with van der Waals surface area (Å²) in [6, 6.07) is 0. The van der Waals surface area contributed by atoms with Gasteiger partial charge in [0, 0.05) is 6.08 Å². The number of aliphatic hydroxyl groups excluding tert-OH is 1. The van der Waals surface area contributed by atoms with Crippen LogP contribution < -0.4 is 0 Å². The highest BCUT2D eigenvalue weighted by Gasteiger charge is 2.23. The fraction of sp³-hybridized carbons (Fsp3) is 0.300. The van der Waals surface area contributed by atoms with Crippen LogP contribution in [0.4, 0.5) is 0 Å². The topological polar surface area (TPSA) is 87.8 Å². The smallest absolute Gasteiger partial charge is 0.237 e. The first-order valence-electron chi connectivity index (χ1n) is 4.44. The average molecular weight is 226 g/mol. The second kappa shape index (κ2) is 4.61. The molecular formula is C10H12NO5-. The van der Waals surface area contributed by atoms with Crippen molar-refractivity contribution in [1.29, 1.82) is 0 Å². The van der Waals surface area contributed by atoms with Gasteiger partial charge in [-0.15, -0.1) is 0 Å². The Morgan fingerprint density at radius 2 is 1.69 bits per heavy atom. The molecule has 0 amide bonds. The van der Waals surface area contributed by atoms with Crippen LogP contribution >= 0.6 is 0 Å². The van der Waals surface area contributed by atoms with Crippen LogP contribution in [0, 0.1) is 10.4 Å². The fourth-order valence-electron chi connectivity index (χ4n) is 1.31. The highest BCUT2D eigenvalue weighted by molar-refractivity contribution is 6.09. The molecule has 0 saturated heterocycles. The summed E-state index contributed by atoms with van der Waals surface area (Å²) in [5, 5.41) is 30.9. The van der Waals surface area contributed by atoms with Crippen molar-refractivity contribution in [3.05, 3.63) is 45.4 Å². The molecule has 6 heteroatoms. The molecule has 0 aromatic heterocycles. The third-order valence-electron chi connectivity index (χ3n) is 2.09. The Kier molecular flexibility index (Phi) is 3.44. The summed E-state index contributed by atoms with van der Waals surface area (Å²) in [5.74, 6) is 0.434. The second-order valence-electron chi connectivity index (χ2n) is 3.07. The molecule has 0 aromatic carbocycles. The zero-order valence-electron chi connectivity index (χ0n) is 9.18. The molecule has 1 N–H and O–H groups in total. The maximum atomic E-state index is 10.8. The van der Waals surface area contributed by atoms with E-state index < -0.39 is 4.90 Å². The van der Waals surface area contributed by atoms with E-state index in [1.807, 2.05) is 0 Å². The van der Waals surface area contributed by atoms with Gasteiger partial charge in [-0.3, -0.25) is 0 Å². The Morgan fingerprint density at radius 3 is 2.06 bits per heavy atom. The lowest BCUT2D eigenvalue weighted by Crippen LogP contribution is -2.17. The number of rotatable bonds is 2. The molecule has 0 radical (unpaired) electrons. The zero-order chi connectivity index (χ0) is 12.3. The van der Waals surface area contributed by atoms with Gasteiger partial charge in [-0.05, 0) is 6.92 Å². The van der Waals surface area contributed by atoms with Gasteiger partial charge in [0.15, 0.2) is 11.5 Å². The summed E-state index contributed by atoms with van der Waals surface area (Å²) >= 11 is 0. The molecule has 1 aliphatic rings. The summed E-state index contributed by atoms with van der Waals surface area (Å²) < 4.78 is 9.93. The van der Waals surface area contributed by atoms with E-state index in [0.29, 0.717) is 5.76 Å². The van der Waals surface area contributed by atoms with E-state index >= 15 is 0 Å². The molecule has 1 aliphatic carbocycles. The molecule has 0 aliphatic heterocycles. The van der Waals surface area contributed by atoms with E-state index in [2.05, 4.69) is 0 Å². The van der Waals surface area contributed by atoms with Gasteiger partial charge in [0.25, 0.3) is 0 Å². The van der Waals surface area contributed by atoms with Gasteiger partial charge in [-0.25, -0.2) is 0 Å². The molecule has 1 rings (SSSR count). The van der Waals surface area contributed by atoms with Crippen molar-refractivity contribution in [3.63, 3.8) is 0 Å². The van der Waals surface area contributed by atoms with Crippen LogP contribution in [-0.4, -0.2) is 29.9 Å². The number of ether oxygens (including phenoxy) is 2. The van der Waals surface area contributed by atoms with Gasteiger partial charge in [0.1, 0.15) is 5.76 Å². The minimum atomic E-state index is -0.586. The molecule has 0 aromatic rings. The lowest BCUT2D eigenvalue weighted by Gasteiger charge is -2.18. The maximum absolute atomic E-state index is 10.8. The quantitative estimate of drug-likeness (QED) is 0.436. The number of nitrogens with zero attached hydrogens (tertiary/aromatic N) is 1. The SMILES string of the molecule is COC1=CC(=C(C)O)C(=[N+]([O-])[O-])C=C1OC. The molecule has 0 spiro atoms. The van der Waals surface area contributed by atoms with Gasteiger partial charge in [0.05, 0.1) is 25.9 Å². The molecule has 0 unspecified atom stereocenters. The maximum Gasteiger partial charge on any atom is 0.237 e. The lowest BCUT2D eigenvalue weighted by molar-refractivity contribution is -0.377. The highest BCUT2D eigenvalue weighted by Crippen LogP contribution is 2.23. The van der Waals surface area contributed by atoms with E-state index in [1.165, 1.54) is 33.3 Å². The predicted octanol–water partition coefficient (Wildman–Crippen LogP) is 1.34. The Bertz CT molecular complexity index is 369. The minimum absolute atomic E-state index is 0.114. The Balaban J connectivity index is 3.37. The molecule has 0 heterocycles. The zero-order valence-corrected chi connectivity index (χ0v) is 9.18. The molecule has 0 fully saturated rings. The molecule has 0 atom stereocenters. The van der Waals surface area contributed by atoms with Crippen LogP contribution in [0.15, 0.2) is 35.0 Å². The largest absolute Gasteiger partial charge is 0.612 e. The van der Waals surface area contributed by atoms with E-state index in [9.17, 15) is 15.5 Å². The number of hydrogen-bond acceptors (Lipinski definition) is 5. The Morgan fingerprint density at radius 1 is 1.19 bits per heavy atom. The Labute approximate surface area is 92.6 Å². The summed E-state index contributed by atoms with van der Waals surface area (Å²) in [4.78, 5) is -0.586. The standard InChI is InChI=1S/C10H12NO5/c1-6(12)7-4-9(15-2)10(16-3)5-8(7)11(13)14/h4-5H,1-3H3,(H-,12,13,14)/q-1. The van der Waals surface area contributed by atoms with Crippen LogP contribution in [0.3, 0.4) is 0 Å². The van der Waals surface area contributed by atoms with E-state index in [4.69, 9.17) is 9.47 Å². The fourth-order valence-corrected chi connectivity index (χ4v) is 1.31.